The lowest BCUT2D eigenvalue weighted by molar-refractivity contribution is 0.350. The van der Waals surface area contributed by atoms with E-state index in [1.165, 1.54) is 18.5 Å². The van der Waals surface area contributed by atoms with Crippen molar-refractivity contribution >= 4 is 16.7 Å². The zero-order valence-corrected chi connectivity index (χ0v) is 16.2. The zero-order chi connectivity index (χ0) is 19.7. The number of nitrogens with zero attached hydrogens (tertiary/aromatic N) is 5. The molecule has 0 bridgehead atoms. The molecule has 1 aromatic carbocycles. The van der Waals surface area contributed by atoms with Crippen molar-refractivity contribution < 1.29 is 4.39 Å². The van der Waals surface area contributed by atoms with E-state index >= 15 is 0 Å². The first-order chi connectivity index (χ1) is 13.5. The second-order valence-electron chi connectivity index (χ2n) is 7.75. The highest BCUT2D eigenvalue weighted by molar-refractivity contribution is 5.89. The molecule has 0 N–H and O–H groups in total. The standard InChI is InChI=1S/C21H24FN5O/c1-14(2)18-10-20(28)27(13-25-18)11-15-5-7-26(8-6-15)21-17-4-3-16(22)9-19(17)23-12-24-21/h3-4,9-10,12-15H,5-8,11H2,1-2H3. The predicted molar refractivity (Wildman–Crippen MR) is 107 cm³/mol. The average Bonchev–Trinajstić information content (AvgIpc) is 2.69. The van der Waals surface area contributed by atoms with Crippen LogP contribution in [0.25, 0.3) is 10.9 Å². The van der Waals surface area contributed by atoms with E-state index in [0.717, 1.165) is 42.8 Å². The van der Waals surface area contributed by atoms with Crippen molar-refractivity contribution in [2.75, 3.05) is 18.0 Å². The minimum atomic E-state index is -0.293. The fourth-order valence-corrected chi connectivity index (χ4v) is 3.77. The molecule has 1 saturated heterocycles. The molecule has 0 saturated carbocycles. The number of aromatic nitrogens is 4. The van der Waals surface area contributed by atoms with E-state index in [9.17, 15) is 9.18 Å². The van der Waals surface area contributed by atoms with E-state index in [-0.39, 0.29) is 17.3 Å². The number of benzene rings is 1. The maximum Gasteiger partial charge on any atom is 0.253 e. The Bertz CT molecular complexity index is 1040. The molecule has 2 aromatic heterocycles. The Kier molecular flexibility index (Phi) is 5.07. The van der Waals surface area contributed by atoms with Crippen LogP contribution < -0.4 is 10.5 Å². The van der Waals surface area contributed by atoms with Crippen LogP contribution in [0.4, 0.5) is 10.2 Å². The Hall–Kier alpha value is -2.83. The number of rotatable bonds is 4. The second-order valence-corrected chi connectivity index (χ2v) is 7.75. The summed E-state index contributed by atoms with van der Waals surface area (Å²) in [7, 11) is 0. The van der Waals surface area contributed by atoms with E-state index in [0.29, 0.717) is 18.0 Å². The molecule has 0 atom stereocenters. The van der Waals surface area contributed by atoms with Gasteiger partial charge in [0.15, 0.2) is 0 Å². The fraction of sp³-hybridized carbons (Fsp3) is 0.429. The quantitative estimate of drug-likeness (QED) is 0.693. The molecule has 0 aliphatic carbocycles. The topological polar surface area (TPSA) is 63.9 Å². The van der Waals surface area contributed by atoms with Gasteiger partial charge in [-0.15, -0.1) is 0 Å². The lowest BCUT2D eigenvalue weighted by Gasteiger charge is -2.33. The van der Waals surface area contributed by atoms with Crippen molar-refractivity contribution in [1.29, 1.82) is 0 Å². The summed E-state index contributed by atoms with van der Waals surface area (Å²) in [4.78, 5) is 27.6. The SMILES string of the molecule is CC(C)c1cc(=O)n(CC2CCN(c3ncnc4cc(F)ccc34)CC2)cn1. The van der Waals surface area contributed by atoms with E-state index < -0.39 is 0 Å². The van der Waals surface area contributed by atoms with Crippen molar-refractivity contribution in [2.24, 2.45) is 5.92 Å². The van der Waals surface area contributed by atoms with Crippen LogP contribution >= 0.6 is 0 Å². The first-order valence-electron chi connectivity index (χ1n) is 9.73. The van der Waals surface area contributed by atoms with Gasteiger partial charge < -0.3 is 4.90 Å². The molecule has 1 fully saturated rings. The molecule has 28 heavy (non-hydrogen) atoms. The number of halogens is 1. The van der Waals surface area contributed by atoms with Gasteiger partial charge in [0, 0.05) is 37.2 Å². The lowest BCUT2D eigenvalue weighted by Crippen LogP contribution is -2.37. The van der Waals surface area contributed by atoms with Gasteiger partial charge in [-0.25, -0.2) is 19.3 Å². The van der Waals surface area contributed by atoms with E-state index in [1.54, 1.807) is 23.0 Å². The van der Waals surface area contributed by atoms with Crippen LogP contribution in [0, 0.1) is 11.7 Å². The summed E-state index contributed by atoms with van der Waals surface area (Å²) < 4.78 is 15.2. The molecule has 0 amide bonds. The third-order valence-electron chi connectivity index (χ3n) is 5.44. The van der Waals surface area contributed by atoms with E-state index in [1.807, 2.05) is 13.8 Å². The number of hydrogen-bond donors (Lipinski definition) is 0. The maximum absolute atomic E-state index is 13.5. The minimum absolute atomic E-state index is 0.0185. The summed E-state index contributed by atoms with van der Waals surface area (Å²) in [5.74, 6) is 1.23. The first-order valence-corrected chi connectivity index (χ1v) is 9.73. The van der Waals surface area contributed by atoms with Gasteiger partial charge in [-0.1, -0.05) is 13.8 Å². The number of piperidine rings is 1. The Morgan fingerprint density at radius 3 is 2.64 bits per heavy atom. The molecule has 6 nitrogen and oxygen atoms in total. The molecule has 146 valence electrons. The van der Waals surface area contributed by atoms with Gasteiger partial charge in [-0.05, 0) is 36.8 Å². The van der Waals surface area contributed by atoms with E-state index in [2.05, 4.69) is 19.9 Å². The fourth-order valence-electron chi connectivity index (χ4n) is 3.77. The van der Waals surface area contributed by atoms with Crippen LogP contribution in [-0.4, -0.2) is 32.6 Å². The van der Waals surface area contributed by atoms with Gasteiger partial charge in [0.1, 0.15) is 18.0 Å². The van der Waals surface area contributed by atoms with Crippen LogP contribution in [0.1, 0.15) is 38.3 Å². The minimum Gasteiger partial charge on any atom is -0.356 e. The lowest BCUT2D eigenvalue weighted by atomic mass is 9.96. The highest BCUT2D eigenvalue weighted by Crippen LogP contribution is 2.28. The molecule has 1 aliphatic rings. The van der Waals surface area contributed by atoms with Gasteiger partial charge in [0.25, 0.3) is 5.56 Å². The molecular weight excluding hydrogens is 357 g/mol. The molecule has 3 heterocycles. The van der Waals surface area contributed by atoms with Crippen molar-refractivity contribution in [1.82, 2.24) is 19.5 Å². The Labute approximate surface area is 163 Å². The van der Waals surface area contributed by atoms with Crippen LogP contribution in [0.3, 0.4) is 0 Å². The van der Waals surface area contributed by atoms with E-state index in [4.69, 9.17) is 0 Å². The predicted octanol–water partition coefficient (Wildman–Crippen LogP) is 3.37. The van der Waals surface area contributed by atoms with Crippen LogP contribution in [-0.2, 0) is 6.54 Å². The second kappa shape index (κ2) is 7.66. The number of fused-ring (bicyclic) bond motifs is 1. The molecule has 4 rings (SSSR count). The Morgan fingerprint density at radius 2 is 1.93 bits per heavy atom. The van der Waals surface area contributed by atoms with Crippen molar-refractivity contribution in [3.8, 4) is 0 Å². The number of hydrogen-bond acceptors (Lipinski definition) is 5. The Morgan fingerprint density at radius 1 is 1.14 bits per heavy atom. The molecule has 0 radical (unpaired) electrons. The molecular formula is C21H24FN5O. The largest absolute Gasteiger partial charge is 0.356 e. The molecule has 1 aliphatic heterocycles. The smallest absolute Gasteiger partial charge is 0.253 e. The highest BCUT2D eigenvalue weighted by Gasteiger charge is 2.22. The van der Waals surface area contributed by atoms with Gasteiger partial charge in [-0.2, -0.15) is 0 Å². The first kappa shape index (κ1) is 18.5. The zero-order valence-electron chi connectivity index (χ0n) is 16.2. The molecule has 0 spiro atoms. The average molecular weight is 381 g/mol. The summed E-state index contributed by atoms with van der Waals surface area (Å²) in [6.07, 6.45) is 5.09. The monoisotopic (exact) mass is 381 g/mol. The molecule has 3 aromatic rings. The summed E-state index contributed by atoms with van der Waals surface area (Å²) in [5.41, 5.74) is 1.48. The van der Waals surface area contributed by atoms with Gasteiger partial charge in [0.05, 0.1) is 17.5 Å². The maximum atomic E-state index is 13.5. The van der Waals surface area contributed by atoms with Crippen molar-refractivity contribution in [2.45, 2.75) is 39.2 Å². The summed E-state index contributed by atoms with van der Waals surface area (Å²) in [5, 5.41) is 0.868. The third kappa shape index (κ3) is 3.74. The summed E-state index contributed by atoms with van der Waals surface area (Å²) >= 11 is 0. The summed E-state index contributed by atoms with van der Waals surface area (Å²) in [6.45, 7) is 6.45. The van der Waals surface area contributed by atoms with Gasteiger partial charge in [-0.3, -0.25) is 9.36 Å². The van der Waals surface area contributed by atoms with Crippen LogP contribution in [0.5, 0.6) is 0 Å². The van der Waals surface area contributed by atoms with Gasteiger partial charge in [0.2, 0.25) is 0 Å². The normalized spacial score (nSPS) is 15.5. The highest BCUT2D eigenvalue weighted by atomic mass is 19.1. The Balaban J connectivity index is 1.45. The number of anilines is 1. The van der Waals surface area contributed by atoms with Crippen molar-refractivity contribution in [3.63, 3.8) is 0 Å². The summed E-state index contributed by atoms with van der Waals surface area (Å²) in [6, 6.07) is 6.27. The van der Waals surface area contributed by atoms with Crippen LogP contribution in [0.15, 0.2) is 41.7 Å². The van der Waals surface area contributed by atoms with Crippen molar-refractivity contribution in [3.05, 3.63) is 58.8 Å². The molecule has 0 unspecified atom stereocenters. The third-order valence-corrected chi connectivity index (χ3v) is 5.44. The van der Waals surface area contributed by atoms with Gasteiger partial charge >= 0.3 is 0 Å². The molecule has 7 heteroatoms. The van der Waals surface area contributed by atoms with Crippen LogP contribution in [0.2, 0.25) is 0 Å².